The highest BCUT2D eigenvalue weighted by atomic mass is 35.5. The van der Waals surface area contributed by atoms with Gasteiger partial charge in [-0.2, -0.15) is 5.10 Å². The molecule has 1 aliphatic rings. The summed E-state index contributed by atoms with van der Waals surface area (Å²) in [6, 6.07) is 7.76. The normalized spacial score (nSPS) is 14.8. The highest BCUT2D eigenvalue weighted by molar-refractivity contribution is 6.70. The van der Waals surface area contributed by atoms with Crippen molar-refractivity contribution in [2.24, 2.45) is 5.10 Å². The van der Waals surface area contributed by atoms with E-state index >= 15 is 0 Å². The van der Waals surface area contributed by atoms with Gasteiger partial charge in [0.1, 0.15) is 0 Å². The zero-order valence-electron chi connectivity index (χ0n) is 6.34. The van der Waals surface area contributed by atoms with Crippen molar-refractivity contribution in [3.8, 4) is 0 Å². The SMILES string of the molecule is C=C1NN=C(Cl)c2ccccc21. The molecule has 1 aromatic carbocycles. The van der Waals surface area contributed by atoms with Crippen LogP contribution in [0.3, 0.4) is 0 Å². The van der Waals surface area contributed by atoms with Crippen molar-refractivity contribution in [3.05, 3.63) is 42.0 Å². The number of hydrazone groups is 1. The van der Waals surface area contributed by atoms with Gasteiger partial charge in [0.15, 0.2) is 5.17 Å². The molecule has 1 heterocycles. The summed E-state index contributed by atoms with van der Waals surface area (Å²) < 4.78 is 0. The molecule has 0 aromatic heterocycles. The maximum atomic E-state index is 5.86. The second kappa shape index (κ2) is 2.64. The van der Waals surface area contributed by atoms with Gasteiger partial charge in [-0.05, 0) is 0 Å². The highest BCUT2D eigenvalue weighted by Crippen LogP contribution is 2.21. The summed E-state index contributed by atoms with van der Waals surface area (Å²) in [6.07, 6.45) is 0. The van der Waals surface area contributed by atoms with E-state index in [0.717, 1.165) is 16.8 Å². The van der Waals surface area contributed by atoms with Crippen LogP contribution in [0.5, 0.6) is 0 Å². The first-order valence-corrected chi connectivity index (χ1v) is 3.95. The van der Waals surface area contributed by atoms with Gasteiger partial charge < -0.3 is 0 Å². The lowest BCUT2D eigenvalue weighted by molar-refractivity contribution is 0.985. The molecular weight excluding hydrogens is 172 g/mol. The fourth-order valence-corrected chi connectivity index (χ4v) is 1.37. The van der Waals surface area contributed by atoms with Crippen molar-refractivity contribution in [2.75, 3.05) is 0 Å². The highest BCUT2D eigenvalue weighted by Gasteiger charge is 2.13. The molecule has 12 heavy (non-hydrogen) atoms. The van der Waals surface area contributed by atoms with E-state index in [0.29, 0.717) is 5.17 Å². The largest absolute Gasteiger partial charge is 0.277 e. The summed E-state index contributed by atoms with van der Waals surface area (Å²) in [6.45, 7) is 3.81. The Labute approximate surface area is 75.5 Å². The lowest BCUT2D eigenvalue weighted by Gasteiger charge is -2.15. The number of nitrogens with zero attached hydrogens (tertiary/aromatic N) is 1. The van der Waals surface area contributed by atoms with Crippen molar-refractivity contribution in [3.63, 3.8) is 0 Å². The van der Waals surface area contributed by atoms with E-state index < -0.39 is 0 Å². The second-order valence-electron chi connectivity index (χ2n) is 2.54. The van der Waals surface area contributed by atoms with Crippen molar-refractivity contribution in [1.82, 2.24) is 5.43 Å². The molecule has 0 spiro atoms. The molecule has 3 heteroatoms. The van der Waals surface area contributed by atoms with Crippen molar-refractivity contribution in [2.45, 2.75) is 0 Å². The monoisotopic (exact) mass is 178 g/mol. The van der Waals surface area contributed by atoms with Gasteiger partial charge >= 0.3 is 0 Å². The van der Waals surface area contributed by atoms with Gasteiger partial charge in [0.25, 0.3) is 0 Å². The number of halogens is 1. The van der Waals surface area contributed by atoms with Crippen LogP contribution in [0.4, 0.5) is 0 Å². The van der Waals surface area contributed by atoms with Gasteiger partial charge in [-0.25, -0.2) is 0 Å². The third kappa shape index (κ3) is 1.01. The Hall–Kier alpha value is -1.28. The minimum absolute atomic E-state index is 0.484. The Balaban J connectivity index is 2.66. The zero-order chi connectivity index (χ0) is 8.55. The molecule has 1 N–H and O–H groups in total. The van der Waals surface area contributed by atoms with E-state index in [1.807, 2.05) is 24.3 Å². The summed E-state index contributed by atoms with van der Waals surface area (Å²) in [4.78, 5) is 0. The van der Waals surface area contributed by atoms with E-state index in [-0.39, 0.29) is 0 Å². The van der Waals surface area contributed by atoms with Crippen LogP contribution < -0.4 is 5.43 Å². The molecule has 0 amide bonds. The number of rotatable bonds is 0. The summed E-state index contributed by atoms with van der Waals surface area (Å²) >= 11 is 5.86. The van der Waals surface area contributed by atoms with Crippen LogP contribution in [-0.4, -0.2) is 5.17 Å². The first kappa shape index (κ1) is 7.37. The Kier molecular flexibility index (Phi) is 1.62. The van der Waals surface area contributed by atoms with E-state index in [1.54, 1.807) is 0 Å². The summed E-state index contributed by atoms with van der Waals surface area (Å²) in [7, 11) is 0. The number of nitrogens with one attached hydrogen (secondary N) is 1. The number of hydrogen-bond donors (Lipinski definition) is 1. The van der Waals surface area contributed by atoms with Crippen molar-refractivity contribution >= 4 is 22.5 Å². The predicted octanol–water partition coefficient (Wildman–Crippen LogP) is 2.16. The topological polar surface area (TPSA) is 24.4 Å². The van der Waals surface area contributed by atoms with Crippen LogP contribution in [0.1, 0.15) is 11.1 Å². The Morgan fingerprint density at radius 2 is 1.92 bits per heavy atom. The van der Waals surface area contributed by atoms with Crippen LogP contribution in [0.2, 0.25) is 0 Å². The maximum Gasteiger partial charge on any atom is 0.157 e. The smallest absolute Gasteiger partial charge is 0.157 e. The van der Waals surface area contributed by atoms with Gasteiger partial charge in [-0.3, -0.25) is 5.43 Å². The van der Waals surface area contributed by atoms with Crippen LogP contribution in [0, 0.1) is 0 Å². The van der Waals surface area contributed by atoms with E-state index in [2.05, 4.69) is 17.1 Å². The molecule has 0 aliphatic carbocycles. The predicted molar refractivity (Wildman–Crippen MR) is 51.0 cm³/mol. The molecule has 2 nitrogen and oxygen atoms in total. The first-order valence-electron chi connectivity index (χ1n) is 3.57. The zero-order valence-corrected chi connectivity index (χ0v) is 7.10. The minimum atomic E-state index is 0.484. The average molecular weight is 179 g/mol. The van der Waals surface area contributed by atoms with Crippen molar-refractivity contribution < 1.29 is 0 Å². The summed E-state index contributed by atoms with van der Waals surface area (Å²) in [5, 5.41) is 4.37. The van der Waals surface area contributed by atoms with E-state index in [4.69, 9.17) is 11.6 Å². The van der Waals surface area contributed by atoms with Crippen LogP contribution in [0.15, 0.2) is 35.9 Å². The molecule has 0 unspecified atom stereocenters. The van der Waals surface area contributed by atoms with Gasteiger partial charge in [-0.15, -0.1) is 0 Å². The van der Waals surface area contributed by atoms with Gasteiger partial charge in [-0.1, -0.05) is 42.4 Å². The van der Waals surface area contributed by atoms with Gasteiger partial charge in [0.2, 0.25) is 0 Å². The molecular formula is C9H7ClN2. The first-order chi connectivity index (χ1) is 5.79. The third-order valence-electron chi connectivity index (χ3n) is 1.76. The molecule has 0 fully saturated rings. The minimum Gasteiger partial charge on any atom is -0.277 e. The molecule has 0 radical (unpaired) electrons. The quantitative estimate of drug-likeness (QED) is 0.647. The summed E-state index contributed by atoms with van der Waals surface area (Å²) in [5.74, 6) is 0. The number of benzene rings is 1. The molecule has 1 aliphatic heterocycles. The van der Waals surface area contributed by atoms with Crippen LogP contribution in [-0.2, 0) is 0 Å². The Bertz CT molecular complexity index is 369. The maximum absolute atomic E-state index is 5.86. The fourth-order valence-electron chi connectivity index (χ4n) is 1.16. The third-order valence-corrected chi connectivity index (χ3v) is 2.05. The van der Waals surface area contributed by atoms with Crippen LogP contribution in [0.25, 0.3) is 5.70 Å². The second-order valence-corrected chi connectivity index (χ2v) is 2.90. The van der Waals surface area contributed by atoms with Gasteiger partial charge in [0.05, 0.1) is 5.70 Å². The molecule has 0 saturated carbocycles. The Morgan fingerprint density at radius 1 is 1.25 bits per heavy atom. The number of fused-ring (bicyclic) bond motifs is 1. The fraction of sp³-hybridized carbons (Fsp3) is 0. The lowest BCUT2D eigenvalue weighted by Crippen LogP contribution is -2.15. The van der Waals surface area contributed by atoms with Crippen molar-refractivity contribution in [1.29, 1.82) is 0 Å². The summed E-state index contributed by atoms with van der Waals surface area (Å²) in [5.41, 5.74) is 5.48. The average Bonchev–Trinajstić information content (AvgIpc) is 2.12. The number of hydrogen-bond acceptors (Lipinski definition) is 2. The Morgan fingerprint density at radius 3 is 2.58 bits per heavy atom. The molecule has 0 saturated heterocycles. The van der Waals surface area contributed by atoms with E-state index in [1.165, 1.54) is 0 Å². The molecule has 60 valence electrons. The lowest BCUT2D eigenvalue weighted by atomic mass is 10.1. The molecule has 2 rings (SSSR count). The standard InChI is InChI=1S/C9H7ClN2/c1-6-7-4-2-3-5-8(7)9(10)12-11-6/h2-5,11H,1H2. The van der Waals surface area contributed by atoms with Crippen LogP contribution >= 0.6 is 11.6 Å². The van der Waals surface area contributed by atoms with Gasteiger partial charge in [0, 0.05) is 11.1 Å². The van der Waals surface area contributed by atoms with E-state index in [9.17, 15) is 0 Å². The molecule has 0 bridgehead atoms. The molecule has 0 atom stereocenters. The molecule has 1 aromatic rings.